The highest BCUT2D eigenvalue weighted by molar-refractivity contribution is 6.48. The SMILES string of the molecule is CC(CCCC(=O)O)NC(=O)c1ncc(Cl)c(Cl)c1Cl. The Morgan fingerprint density at radius 3 is 2.60 bits per heavy atom. The fourth-order valence-corrected chi connectivity index (χ4v) is 2.09. The molecule has 8 heteroatoms. The van der Waals surface area contributed by atoms with E-state index in [2.05, 4.69) is 10.3 Å². The molecule has 1 amide bonds. The maximum Gasteiger partial charge on any atom is 0.303 e. The van der Waals surface area contributed by atoms with Crippen molar-refractivity contribution in [2.24, 2.45) is 0 Å². The molecule has 0 aliphatic carbocycles. The fraction of sp³-hybridized carbons (Fsp3) is 0.417. The fourth-order valence-electron chi connectivity index (χ4n) is 1.53. The van der Waals surface area contributed by atoms with E-state index in [1.807, 2.05) is 0 Å². The maximum atomic E-state index is 12.0. The Hall–Kier alpha value is -1.04. The number of rotatable bonds is 6. The van der Waals surface area contributed by atoms with Crippen molar-refractivity contribution in [3.05, 3.63) is 27.0 Å². The lowest BCUT2D eigenvalue weighted by atomic mass is 10.1. The molecule has 0 aliphatic heterocycles. The molecule has 0 radical (unpaired) electrons. The Morgan fingerprint density at radius 1 is 1.35 bits per heavy atom. The predicted octanol–water partition coefficient (Wildman–Crippen LogP) is 3.42. The maximum absolute atomic E-state index is 12.0. The van der Waals surface area contributed by atoms with E-state index in [1.54, 1.807) is 6.92 Å². The van der Waals surface area contributed by atoms with Crippen LogP contribution in [0.3, 0.4) is 0 Å². The molecule has 1 unspecified atom stereocenters. The monoisotopic (exact) mass is 338 g/mol. The van der Waals surface area contributed by atoms with Crippen LogP contribution in [-0.4, -0.2) is 28.0 Å². The Labute approximate surface area is 131 Å². The van der Waals surface area contributed by atoms with Gasteiger partial charge in [0.05, 0.1) is 15.1 Å². The number of carboxylic acid groups (broad SMARTS) is 1. The molecule has 20 heavy (non-hydrogen) atoms. The van der Waals surface area contributed by atoms with Gasteiger partial charge in [-0.15, -0.1) is 0 Å². The number of carbonyl (C=O) groups is 2. The zero-order valence-corrected chi connectivity index (χ0v) is 12.9. The number of amides is 1. The molecular weight excluding hydrogens is 327 g/mol. The first-order chi connectivity index (χ1) is 9.32. The molecule has 0 spiro atoms. The van der Waals surface area contributed by atoms with Crippen molar-refractivity contribution in [3.8, 4) is 0 Å². The minimum absolute atomic E-state index is 0.00518. The van der Waals surface area contributed by atoms with Crippen molar-refractivity contribution < 1.29 is 14.7 Å². The van der Waals surface area contributed by atoms with E-state index in [0.29, 0.717) is 12.8 Å². The molecule has 1 atom stereocenters. The lowest BCUT2D eigenvalue weighted by Crippen LogP contribution is -2.33. The molecule has 0 aromatic carbocycles. The molecule has 2 N–H and O–H groups in total. The first-order valence-electron chi connectivity index (χ1n) is 5.85. The van der Waals surface area contributed by atoms with Crippen molar-refractivity contribution >= 4 is 46.7 Å². The number of aliphatic carboxylic acids is 1. The molecule has 0 saturated carbocycles. The number of nitrogens with one attached hydrogen (secondary N) is 1. The van der Waals surface area contributed by atoms with Crippen molar-refractivity contribution in [2.45, 2.75) is 32.2 Å². The second-order valence-corrected chi connectivity index (χ2v) is 5.41. The number of aromatic nitrogens is 1. The smallest absolute Gasteiger partial charge is 0.303 e. The third-order valence-corrected chi connectivity index (χ3v) is 3.78. The number of hydrogen-bond donors (Lipinski definition) is 2. The van der Waals surface area contributed by atoms with Gasteiger partial charge in [-0.2, -0.15) is 0 Å². The van der Waals surface area contributed by atoms with Crippen molar-refractivity contribution in [3.63, 3.8) is 0 Å². The number of carboxylic acids is 1. The van der Waals surface area contributed by atoms with Crippen LogP contribution in [0, 0.1) is 0 Å². The molecule has 5 nitrogen and oxygen atoms in total. The number of nitrogens with zero attached hydrogens (tertiary/aromatic N) is 1. The summed E-state index contributed by atoms with van der Waals surface area (Å²) in [6.07, 6.45) is 2.32. The second kappa shape index (κ2) is 7.67. The van der Waals surface area contributed by atoms with Gasteiger partial charge in [0, 0.05) is 18.7 Å². The molecule has 110 valence electrons. The standard InChI is InChI=1S/C12H13Cl3N2O3/c1-6(3-2-4-8(18)19)17-12(20)11-10(15)9(14)7(13)5-16-11/h5-6H,2-4H2,1H3,(H,17,20)(H,18,19). The Morgan fingerprint density at radius 2 is 2.00 bits per heavy atom. The normalized spacial score (nSPS) is 12.0. The van der Waals surface area contributed by atoms with Gasteiger partial charge in [0.25, 0.3) is 5.91 Å². The molecular formula is C12H13Cl3N2O3. The lowest BCUT2D eigenvalue weighted by molar-refractivity contribution is -0.137. The van der Waals surface area contributed by atoms with Crippen LogP contribution >= 0.6 is 34.8 Å². The molecule has 1 heterocycles. The minimum Gasteiger partial charge on any atom is -0.481 e. The molecule has 0 fully saturated rings. The topological polar surface area (TPSA) is 79.3 Å². The van der Waals surface area contributed by atoms with E-state index in [0.717, 1.165) is 0 Å². The van der Waals surface area contributed by atoms with Crippen LogP contribution in [0.15, 0.2) is 6.20 Å². The van der Waals surface area contributed by atoms with E-state index in [1.165, 1.54) is 6.20 Å². The van der Waals surface area contributed by atoms with Crippen LogP contribution in [0.4, 0.5) is 0 Å². The third-order valence-electron chi connectivity index (χ3n) is 2.54. The number of hydrogen-bond acceptors (Lipinski definition) is 3. The van der Waals surface area contributed by atoms with Crippen LogP contribution in [0.1, 0.15) is 36.7 Å². The summed E-state index contributed by atoms with van der Waals surface area (Å²) < 4.78 is 0. The molecule has 0 saturated heterocycles. The lowest BCUT2D eigenvalue weighted by Gasteiger charge is -2.14. The summed E-state index contributed by atoms with van der Waals surface area (Å²) in [7, 11) is 0. The number of carbonyl (C=O) groups excluding carboxylic acids is 1. The molecule has 0 bridgehead atoms. The van der Waals surface area contributed by atoms with E-state index < -0.39 is 11.9 Å². The first-order valence-corrected chi connectivity index (χ1v) is 6.98. The highest BCUT2D eigenvalue weighted by atomic mass is 35.5. The van der Waals surface area contributed by atoms with Crippen LogP contribution in [-0.2, 0) is 4.79 Å². The zero-order chi connectivity index (χ0) is 15.3. The third kappa shape index (κ3) is 4.81. The van der Waals surface area contributed by atoms with Crippen LogP contribution in [0.5, 0.6) is 0 Å². The largest absolute Gasteiger partial charge is 0.481 e. The molecule has 0 aliphatic rings. The number of halogens is 3. The van der Waals surface area contributed by atoms with Gasteiger partial charge < -0.3 is 10.4 Å². The number of pyridine rings is 1. The molecule has 1 aromatic heterocycles. The predicted molar refractivity (Wildman–Crippen MR) is 77.7 cm³/mol. The van der Waals surface area contributed by atoms with E-state index in [9.17, 15) is 9.59 Å². The summed E-state index contributed by atoms with van der Waals surface area (Å²) in [5.41, 5.74) is -0.00819. The summed E-state index contributed by atoms with van der Waals surface area (Å²) in [4.78, 5) is 26.2. The van der Waals surface area contributed by atoms with Crippen LogP contribution in [0.2, 0.25) is 15.1 Å². The van der Waals surface area contributed by atoms with E-state index in [4.69, 9.17) is 39.9 Å². The minimum atomic E-state index is -0.863. The van der Waals surface area contributed by atoms with Crippen molar-refractivity contribution in [1.82, 2.24) is 10.3 Å². The summed E-state index contributed by atoms with van der Waals surface area (Å²) in [6.45, 7) is 1.77. The van der Waals surface area contributed by atoms with E-state index >= 15 is 0 Å². The van der Waals surface area contributed by atoms with Gasteiger partial charge in [0.1, 0.15) is 5.69 Å². The Bertz CT molecular complexity index is 523. The van der Waals surface area contributed by atoms with Crippen LogP contribution in [0.25, 0.3) is 0 Å². The zero-order valence-electron chi connectivity index (χ0n) is 10.6. The average molecular weight is 340 g/mol. The highest BCUT2D eigenvalue weighted by Crippen LogP contribution is 2.31. The van der Waals surface area contributed by atoms with Gasteiger partial charge in [-0.05, 0) is 19.8 Å². The first kappa shape index (κ1) is 17.0. The molecule has 1 aromatic rings. The summed E-state index contributed by atoms with van der Waals surface area (Å²) in [5.74, 6) is -1.34. The van der Waals surface area contributed by atoms with Crippen LogP contribution < -0.4 is 5.32 Å². The van der Waals surface area contributed by atoms with Gasteiger partial charge in [-0.3, -0.25) is 9.59 Å². The van der Waals surface area contributed by atoms with Gasteiger partial charge in [0.15, 0.2) is 0 Å². The summed E-state index contributed by atoms with van der Waals surface area (Å²) in [5, 5.41) is 11.5. The quantitative estimate of drug-likeness (QED) is 0.832. The van der Waals surface area contributed by atoms with Gasteiger partial charge in [0.2, 0.25) is 0 Å². The van der Waals surface area contributed by atoms with Crippen molar-refractivity contribution in [2.75, 3.05) is 0 Å². The Balaban J connectivity index is 2.63. The van der Waals surface area contributed by atoms with Crippen molar-refractivity contribution in [1.29, 1.82) is 0 Å². The highest BCUT2D eigenvalue weighted by Gasteiger charge is 2.18. The van der Waals surface area contributed by atoms with Gasteiger partial charge >= 0.3 is 5.97 Å². The molecule has 1 rings (SSSR count). The Kier molecular flexibility index (Phi) is 6.52. The average Bonchev–Trinajstić information content (AvgIpc) is 2.35. The van der Waals surface area contributed by atoms with Gasteiger partial charge in [-0.25, -0.2) is 4.98 Å². The summed E-state index contributed by atoms with van der Waals surface area (Å²) >= 11 is 17.5. The second-order valence-electron chi connectivity index (χ2n) is 4.24. The van der Waals surface area contributed by atoms with E-state index in [-0.39, 0.29) is 33.2 Å². The summed E-state index contributed by atoms with van der Waals surface area (Å²) in [6, 6.07) is -0.200. The van der Waals surface area contributed by atoms with Gasteiger partial charge in [-0.1, -0.05) is 34.8 Å².